The van der Waals surface area contributed by atoms with Crippen molar-refractivity contribution in [1.82, 2.24) is 0 Å². The second-order valence-electron chi connectivity index (χ2n) is 4.37. The van der Waals surface area contributed by atoms with Crippen molar-refractivity contribution in [3.05, 3.63) is 64.0 Å². The van der Waals surface area contributed by atoms with Gasteiger partial charge in [-0.2, -0.15) is 0 Å². The van der Waals surface area contributed by atoms with Crippen LogP contribution in [0.4, 0.5) is 15.8 Å². The highest BCUT2D eigenvalue weighted by Crippen LogP contribution is 2.24. The summed E-state index contributed by atoms with van der Waals surface area (Å²) in [6, 6.07) is 8.56. The quantitative estimate of drug-likeness (QED) is 0.530. The van der Waals surface area contributed by atoms with Crippen molar-refractivity contribution in [2.75, 3.05) is 5.73 Å². The lowest BCUT2D eigenvalue weighted by Gasteiger charge is -2.07. The second-order valence-corrected chi connectivity index (χ2v) is 6.33. The van der Waals surface area contributed by atoms with Gasteiger partial charge in [0.15, 0.2) is 9.84 Å². The minimum atomic E-state index is -3.82. The summed E-state index contributed by atoms with van der Waals surface area (Å²) in [6.45, 7) is 0. The van der Waals surface area contributed by atoms with Gasteiger partial charge in [-0.05, 0) is 23.8 Å². The maximum atomic E-state index is 13.3. The van der Waals surface area contributed by atoms with Gasteiger partial charge in [-0.3, -0.25) is 10.1 Å². The Balaban J connectivity index is 2.42. The smallest absolute Gasteiger partial charge is 0.272 e. The minimum absolute atomic E-state index is 0.00930. The Hall–Kier alpha value is -2.48. The third-order valence-electron chi connectivity index (χ3n) is 2.76. The van der Waals surface area contributed by atoms with E-state index >= 15 is 0 Å². The van der Waals surface area contributed by atoms with Crippen LogP contribution in [0.5, 0.6) is 0 Å². The van der Waals surface area contributed by atoms with E-state index in [1.54, 1.807) is 6.07 Å². The topological polar surface area (TPSA) is 103 Å². The molecule has 2 N–H and O–H groups in total. The van der Waals surface area contributed by atoms with Gasteiger partial charge in [-0.1, -0.05) is 12.1 Å². The number of nitrogen functional groups attached to an aromatic ring is 1. The predicted octanol–water partition coefficient (Wildman–Crippen LogP) is 2.29. The highest BCUT2D eigenvalue weighted by Gasteiger charge is 2.20. The van der Waals surface area contributed by atoms with Crippen LogP contribution in [0.2, 0.25) is 0 Å². The van der Waals surface area contributed by atoms with E-state index in [0.717, 1.165) is 18.2 Å². The normalized spacial score (nSPS) is 11.3. The van der Waals surface area contributed by atoms with Crippen LogP contribution < -0.4 is 5.73 Å². The highest BCUT2D eigenvalue weighted by atomic mass is 32.2. The number of sulfone groups is 1. The molecule has 2 rings (SSSR count). The molecule has 0 aliphatic carbocycles. The first-order valence-corrected chi connectivity index (χ1v) is 7.46. The molecule has 0 amide bonds. The molecule has 110 valence electrons. The summed E-state index contributed by atoms with van der Waals surface area (Å²) in [5.41, 5.74) is 5.17. The molecule has 0 unspecified atom stereocenters. The van der Waals surface area contributed by atoms with Crippen molar-refractivity contribution in [3.63, 3.8) is 0 Å². The Morgan fingerprint density at radius 1 is 1.19 bits per heavy atom. The summed E-state index contributed by atoms with van der Waals surface area (Å²) >= 11 is 0. The Bertz CT molecular complexity index is 806. The van der Waals surface area contributed by atoms with Gasteiger partial charge in [0.1, 0.15) is 5.82 Å². The van der Waals surface area contributed by atoms with Gasteiger partial charge in [0, 0.05) is 6.07 Å². The van der Waals surface area contributed by atoms with E-state index in [-0.39, 0.29) is 16.1 Å². The first-order valence-electron chi connectivity index (χ1n) is 5.81. The number of hydrogen-bond acceptors (Lipinski definition) is 5. The fourth-order valence-electron chi connectivity index (χ4n) is 1.88. The number of halogens is 1. The molecule has 2 aromatic carbocycles. The largest absolute Gasteiger partial charge is 0.398 e. The van der Waals surface area contributed by atoms with Crippen LogP contribution in [0.3, 0.4) is 0 Å². The van der Waals surface area contributed by atoms with Gasteiger partial charge in [-0.25, -0.2) is 12.8 Å². The number of rotatable bonds is 4. The number of nitrogens with zero attached hydrogens (tertiary/aromatic N) is 1. The molecule has 0 aliphatic rings. The van der Waals surface area contributed by atoms with Crippen molar-refractivity contribution in [2.24, 2.45) is 0 Å². The molecule has 0 aromatic heterocycles. The summed E-state index contributed by atoms with van der Waals surface area (Å²) in [5, 5.41) is 10.7. The number of anilines is 1. The van der Waals surface area contributed by atoms with Gasteiger partial charge >= 0.3 is 0 Å². The summed E-state index contributed by atoms with van der Waals surface area (Å²) in [7, 11) is -3.82. The van der Waals surface area contributed by atoms with E-state index in [1.165, 1.54) is 18.2 Å². The Morgan fingerprint density at radius 3 is 2.48 bits per heavy atom. The summed E-state index contributed by atoms with van der Waals surface area (Å²) in [5.74, 6) is -1.43. The zero-order valence-electron chi connectivity index (χ0n) is 10.7. The number of nitro groups is 1. The molecule has 0 bridgehead atoms. The van der Waals surface area contributed by atoms with Crippen molar-refractivity contribution in [3.8, 4) is 0 Å². The first-order chi connectivity index (χ1) is 9.79. The molecule has 8 heteroatoms. The highest BCUT2D eigenvalue weighted by molar-refractivity contribution is 7.90. The Labute approximate surface area is 120 Å². The van der Waals surface area contributed by atoms with E-state index in [1.807, 2.05) is 0 Å². The molecule has 2 aromatic rings. The SMILES string of the molecule is Nc1ccccc1S(=O)(=O)Cc1cc(F)cc([N+](=O)[O-])c1. The summed E-state index contributed by atoms with van der Waals surface area (Å²) in [4.78, 5) is 9.80. The molecule has 0 fully saturated rings. The zero-order chi connectivity index (χ0) is 15.6. The third kappa shape index (κ3) is 3.34. The van der Waals surface area contributed by atoms with Crippen LogP contribution in [0, 0.1) is 15.9 Å². The number of benzene rings is 2. The number of para-hydroxylation sites is 1. The van der Waals surface area contributed by atoms with Crippen molar-refractivity contribution in [1.29, 1.82) is 0 Å². The molecule has 0 saturated carbocycles. The van der Waals surface area contributed by atoms with Gasteiger partial charge in [-0.15, -0.1) is 0 Å². The number of nitrogens with two attached hydrogens (primary N) is 1. The molecule has 0 atom stereocenters. The van der Waals surface area contributed by atoms with Crippen LogP contribution in [-0.4, -0.2) is 13.3 Å². The minimum Gasteiger partial charge on any atom is -0.398 e. The Kier molecular flexibility index (Phi) is 3.90. The molecule has 0 spiro atoms. The number of hydrogen-bond donors (Lipinski definition) is 1. The maximum Gasteiger partial charge on any atom is 0.272 e. The number of non-ortho nitro benzene ring substituents is 1. The second kappa shape index (κ2) is 5.49. The predicted molar refractivity (Wildman–Crippen MR) is 74.8 cm³/mol. The summed E-state index contributed by atoms with van der Waals surface area (Å²) < 4.78 is 37.8. The summed E-state index contributed by atoms with van der Waals surface area (Å²) in [6.07, 6.45) is 0. The lowest BCUT2D eigenvalue weighted by Crippen LogP contribution is -2.08. The molecular formula is C13H11FN2O4S. The lowest BCUT2D eigenvalue weighted by atomic mass is 10.2. The van der Waals surface area contributed by atoms with E-state index in [2.05, 4.69) is 0 Å². The fourth-order valence-corrected chi connectivity index (χ4v) is 3.36. The van der Waals surface area contributed by atoms with Crippen molar-refractivity contribution in [2.45, 2.75) is 10.6 Å². The van der Waals surface area contributed by atoms with Gasteiger partial charge in [0.2, 0.25) is 0 Å². The Morgan fingerprint density at radius 2 is 1.86 bits per heavy atom. The molecule has 0 heterocycles. The van der Waals surface area contributed by atoms with E-state index in [9.17, 15) is 22.9 Å². The maximum absolute atomic E-state index is 13.3. The molecule has 0 aliphatic heterocycles. The van der Waals surface area contributed by atoms with E-state index < -0.39 is 32.0 Å². The fraction of sp³-hybridized carbons (Fsp3) is 0.0769. The van der Waals surface area contributed by atoms with Crippen LogP contribution >= 0.6 is 0 Å². The van der Waals surface area contributed by atoms with Crippen molar-refractivity contribution < 1.29 is 17.7 Å². The van der Waals surface area contributed by atoms with E-state index in [4.69, 9.17) is 5.73 Å². The average Bonchev–Trinajstić information content (AvgIpc) is 2.37. The van der Waals surface area contributed by atoms with E-state index in [0.29, 0.717) is 0 Å². The van der Waals surface area contributed by atoms with Crippen LogP contribution in [-0.2, 0) is 15.6 Å². The third-order valence-corrected chi connectivity index (χ3v) is 4.52. The standard InChI is InChI=1S/C13H11FN2O4S/c14-10-5-9(6-11(7-10)16(17)18)8-21(19,20)13-4-2-1-3-12(13)15/h1-7H,8,15H2. The van der Waals surface area contributed by atoms with Gasteiger partial charge in [0.25, 0.3) is 5.69 Å². The molecule has 6 nitrogen and oxygen atoms in total. The van der Waals surface area contributed by atoms with Crippen LogP contribution in [0.15, 0.2) is 47.4 Å². The lowest BCUT2D eigenvalue weighted by molar-refractivity contribution is -0.385. The van der Waals surface area contributed by atoms with Gasteiger partial charge < -0.3 is 5.73 Å². The van der Waals surface area contributed by atoms with Crippen molar-refractivity contribution >= 4 is 21.2 Å². The monoisotopic (exact) mass is 310 g/mol. The zero-order valence-corrected chi connectivity index (χ0v) is 11.5. The molecule has 21 heavy (non-hydrogen) atoms. The molecule has 0 radical (unpaired) electrons. The number of nitro benzene ring substituents is 1. The molecular weight excluding hydrogens is 299 g/mol. The average molecular weight is 310 g/mol. The van der Waals surface area contributed by atoms with Gasteiger partial charge in [0.05, 0.1) is 27.3 Å². The van der Waals surface area contributed by atoms with Crippen LogP contribution in [0.1, 0.15) is 5.56 Å². The first kappa shape index (κ1) is 14.9. The van der Waals surface area contributed by atoms with Crippen LogP contribution in [0.25, 0.3) is 0 Å². The molecule has 0 saturated heterocycles.